The Hall–Kier alpha value is -2.69. The molecule has 5 nitrogen and oxygen atoms in total. The lowest BCUT2D eigenvalue weighted by molar-refractivity contribution is 0.324. The largest absolute Gasteiger partial charge is 0.493 e. The third-order valence-corrected chi connectivity index (χ3v) is 4.36. The molecule has 0 atom stereocenters. The van der Waals surface area contributed by atoms with E-state index in [0.29, 0.717) is 23.0 Å². The van der Waals surface area contributed by atoms with E-state index in [-0.39, 0.29) is 5.43 Å². The van der Waals surface area contributed by atoms with Gasteiger partial charge < -0.3 is 18.9 Å². The van der Waals surface area contributed by atoms with Crippen LogP contribution in [0.1, 0.15) is 11.1 Å². The summed E-state index contributed by atoms with van der Waals surface area (Å²) in [7, 11) is 6.29. The Labute approximate surface area is 140 Å². The van der Waals surface area contributed by atoms with Crippen molar-refractivity contribution in [2.24, 2.45) is 0 Å². The van der Waals surface area contributed by atoms with Gasteiger partial charge in [-0.3, -0.25) is 4.79 Å². The summed E-state index contributed by atoms with van der Waals surface area (Å²) in [6, 6.07) is 7.23. The summed E-state index contributed by atoms with van der Waals surface area (Å²) in [5, 5.41) is 0. The normalized spacial score (nSPS) is 12.0. The first kappa shape index (κ1) is 16.2. The van der Waals surface area contributed by atoms with E-state index in [4.69, 9.17) is 18.9 Å². The van der Waals surface area contributed by atoms with Gasteiger partial charge in [0.2, 0.25) is 11.2 Å². The fourth-order valence-corrected chi connectivity index (χ4v) is 3.24. The Bertz CT molecular complexity index is 842. The van der Waals surface area contributed by atoms with Crippen molar-refractivity contribution < 1.29 is 18.9 Å². The van der Waals surface area contributed by atoms with Crippen molar-refractivity contribution in [1.82, 2.24) is 0 Å². The molecular weight excluding hydrogens is 308 g/mol. The van der Waals surface area contributed by atoms with Crippen LogP contribution in [0.25, 0.3) is 11.1 Å². The average Bonchev–Trinajstić information content (AvgIpc) is 2.77. The topological polar surface area (TPSA) is 54.0 Å². The van der Waals surface area contributed by atoms with Crippen LogP contribution in [0.5, 0.6) is 23.0 Å². The molecule has 0 fully saturated rings. The van der Waals surface area contributed by atoms with Crippen LogP contribution in [0.4, 0.5) is 0 Å². The highest BCUT2D eigenvalue weighted by atomic mass is 16.5. The van der Waals surface area contributed by atoms with Crippen LogP contribution >= 0.6 is 0 Å². The summed E-state index contributed by atoms with van der Waals surface area (Å²) in [5.41, 5.74) is 3.85. The summed E-state index contributed by atoms with van der Waals surface area (Å²) in [4.78, 5) is 12.2. The predicted molar refractivity (Wildman–Crippen MR) is 91.8 cm³/mol. The Morgan fingerprint density at radius 3 is 2.04 bits per heavy atom. The molecule has 2 aromatic carbocycles. The van der Waals surface area contributed by atoms with Gasteiger partial charge in [-0.05, 0) is 47.7 Å². The van der Waals surface area contributed by atoms with Crippen molar-refractivity contribution >= 4 is 0 Å². The Morgan fingerprint density at radius 1 is 0.750 bits per heavy atom. The Morgan fingerprint density at radius 2 is 1.42 bits per heavy atom. The highest BCUT2D eigenvalue weighted by Gasteiger charge is 2.26. The summed E-state index contributed by atoms with van der Waals surface area (Å²) < 4.78 is 21.7. The van der Waals surface area contributed by atoms with E-state index in [9.17, 15) is 4.79 Å². The van der Waals surface area contributed by atoms with Gasteiger partial charge in [0, 0.05) is 5.56 Å². The second-order valence-electron chi connectivity index (χ2n) is 5.53. The van der Waals surface area contributed by atoms with Crippen LogP contribution in [0, 0.1) is 0 Å². The van der Waals surface area contributed by atoms with E-state index >= 15 is 0 Å². The van der Waals surface area contributed by atoms with Crippen molar-refractivity contribution in [1.29, 1.82) is 0 Å². The lowest BCUT2D eigenvalue weighted by Gasteiger charge is -2.24. The smallest absolute Gasteiger partial charge is 0.220 e. The van der Waals surface area contributed by atoms with E-state index in [0.717, 1.165) is 35.1 Å². The molecule has 0 heterocycles. The van der Waals surface area contributed by atoms with Crippen LogP contribution in [0.2, 0.25) is 0 Å². The molecule has 0 bridgehead atoms. The minimum Gasteiger partial charge on any atom is -0.493 e. The van der Waals surface area contributed by atoms with Gasteiger partial charge in [-0.2, -0.15) is 0 Å². The maximum absolute atomic E-state index is 12.2. The van der Waals surface area contributed by atoms with Crippen molar-refractivity contribution in [3.05, 3.63) is 45.6 Å². The van der Waals surface area contributed by atoms with Gasteiger partial charge in [-0.1, -0.05) is 6.07 Å². The molecule has 126 valence electrons. The molecular formula is C19H20O5. The van der Waals surface area contributed by atoms with Gasteiger partial charge in [-0.15, -0.1) is 0 Å². The molecule has 0 amide bonds. The van der Waals surface area contributed by atoms with E-state index in [2.05, 4.69) is 0 Å². The molecule has 1 aliphatic carbocycles. The van der Waals surface area contributed by atoms with Gasteiger partial charge in [0.15, 0.2) is 17.2 Å². The molecule has 0 saturated heterocycles. The highest BCUT2D eigenvalue weighted by molar-refractivity contribution is 5.83. The molecule has 0 aliphatic heterocycles. The molecule has 0 N–H and O–H groups in total. The highest BCUT2D eigenvalue weighted by Crippen LogP contribution is 2.49. The standard InChI is InChI=1S/C19H20O5/c1-21-15-8-7-13-11(9-14(15)20)5-6-12-10-16(22-2)18(23-3)19(24-4)17(12)13/h7-10H,5-6H2,1-4H3. The minimum absolute atomic E-state index is 0.123. The molecule has 2 aromatic rings. The van der Waals surface area contributed by atoms with Crippen molar-refractivity contribution in [2.75, 3.05) is 28.4 Å². The first-order valence-electron chi connectivity index (χ1n) is 7.68. The van der Waals surface area contributed by atoms with Crippen LogP contribution in [0.15, 0.2) is 29.1 Å². The second-order valence-corrected chi connectivity index (χ2v) is 5.53. The fraction of sp³-hybridized carbons (Fsp3) is 0.316. The number of hydrogen-bond donors (Lipinski definition) is 0. The van der Waals surface area contributed by atoms with Gasteiger partial charge in [0.05, 0.1) is 28.4 Å². The third-order valence-electron chi connectivity index (χ3n) is 4.36. The number of rotatable bonds is 4. The third kappa shape index (κ3) is 2.46. The molecule has 0 aromatic heterocycles. The number of ether oxygens (including phenoxy) is 4. The molecule has 0 unspecified atom stereocenters. The summed E-state index contributed by atoms with van der Waals surface area (Å²) in [6.45, 7) is 0. The Balaban J connectivity index is 2.36. The maximum Gasteiger partial charge on any atom is 0.220 e. The monoisotopic (exact) mass is 328 g/mol. The van der Waals surface area contributed by atoms with Crippen LogP contribution in [-0.4, -0.2) is 28.4 Å². The van der Waals surface area contributed by atoms with Crippen molar-refractivity contribution in [3.63, 3.8) is 0 Å². The lowest BCUT2D eigenvalue weighted by atomic mass is 9.85. The summed E-state index contributed by atoms with van der Waals surface area (Å²) in [5.74, 6) is 2.13. The molecule has 0 saturated carbocycles. The molecule has 0 spiro atoms. The van der Waals surface area contributed by atoms with E-state index in [1.165, 1.54) is 7.11 Å². The quantitative estimate of drug-likeness (QED) is 0.864. The van der Waals surface area contributed by atoms with Gasteiger partial charge >= 0.3 is 0 Å². The zero-order chi connectivity index (χ0) is 17.3. The second kappa shape index (κ2) is 6.43. The Kier molecular flexibility index (Phi) is 4.34. The predicted octanol–water partition coefficient (Wildman–Crippen LogP) is 2.85. The van der Waals surface area contributed by atoms with Crippen LogP contribution in [-0.2, 0) is 12.8 Å². The molecule has 5 heteroatoms. The van der Waals surface area contributed by atoms with Crippen molar-refractivity contribution in [2.45, 2.75) is 12.8 Å². The van der Waals surface area contributed by atoms with Crippen LogP contribution < -0.4 is 24.4 Å². The fourth-order valence-electron chi connectivity index (χ4n) is 3.24. The van der Waals surface area contributed by atoms with E-state index < -0.39 is 0 Å². The van der Waals surface area contributed by atoms with E-state index in [1.807, 2.05) is 12.1 Å². The summed E-state index contributed by atoms with van der Waals surface area (Å²) in [6.07, 6.45) is 1.57. The zero-order valence-electron chi connectivity index (χ0n) is 14.3. The number of benzene rings is 1. The molecule has 3 rings (SSSR count). The number of methoxy groups -OCH3 is 4. The average molecular weight is 328 g/mol. The zero-order valence-corrected chi connectivity index (χ0v) is 14.3. The lowest BCUT2D eigenvalue weighted by Crippen LogP contribution is -2.08. The number of aryl methyl sites for hydroxylation is 2. The first-order chi connectivity index (χ1) is 11.6. The van der Waals surface area contributed by atoms with Gasteiger partial charge in [0.25, 0.3) is 0 Å². The van der Waals surface area contributed by atoms with Gasteiger partial charge in [0.1, 0.15) is 0 Å². The minimum atomic E-state index is -0.123. The molecule has 24 heavy (non-hydrogen) atoms. The van der Waals surface area contributed by atoms with Crippen molar-refractivity contribution in [3.8, 4) is 34.1 Å². The van der Waals surface area contributed by atoms with E-state index in [1.54, 1.807) is 33.5 Å². The SMILES string of the molecule is COc1cc2c(c(OC)c1OC)-c1ccc(OC)c(=O)cc1CC2. The first-order valence-corrected chi connectivity index (χ1v) is 7.68. The van der Waals surface area contributed by atoms with Crippen LogP contribution in [0.3, 0.4) is 0 Å². The number of fused-ring (bicyclic) bond motifs is 3. The molecule has 1 aliphatic rings. The number of hydrogen-bond acceptors (Lipinski definition) is 5. The molecule has 0 radical (unpaired) electrons. The summed E-state index contributed by atoms with van der Waals surface area (Å²) >= 11 is 0. The maximum atomic E-state index is 12.2. The van der Waals surface area contributed by atoms with Gasteiger partial charge in [-0.25, -0.2) is 0 Å².